The maximum absolute atomic E-state index is 13.5. The van der Waals surface area contributed by atoms with Crippen molar-refractivity contribution in [3.63, 3.8) is 0 Å². The topological polar surface area (TPSA) is 38.3 Å². The lowest BCUT2D eigenvalue weighted by Crippen LogP contribution is -2.22. The van der Waals surface area contributed by atoms with Crippen molar-refractivity contribution >= 4 is 17.2 Å². The van der Waals surface area contributed by atoms with E-state index in [9.17, 15) is 9.18 Å². The highest BCUT2D eigenvalue weighted by molar-refractivity contribution is 5.95. The molecule has 116 valence electrons. The van der Waals surface area contributed by atoms with Crippen molar-refractivity contribution in [2.24, 2.45) is 0 Å². The van der Waals surface area contributed by atoms with Gasteiger partial charge in [0, 0.05) is 16.9 Å². The molecule has 2 rings (SSSR count). The molecule has 3 nitrogen and oxygen atoms in total. The van der Waals surface area contributed by atoms with E-state index in [4.69, 9.17) is 4.74 Å². The lowest BCUT2D eigenvalue weighted by molar-refractivity contribution is 0.101. The number of carbonyl (C=O) groups excluding carboxylic acids is 1. The van der Waals surface area contributed by atoms with E-state index in [1.165, 1.54) is 19.1 Å². The maximum Gasteiger partial charge on any atom is 0.159 e. The van der Waals surface area contributed by atoms with Crippen molar-refractivity contribution in [3.05, 3.63) is 53.8 Å². The standard InChI is InChI=1S/C18H20FNO2/c1-12(21)13-9-14(19)11-16(10-13)20-15-5-7-17(8-6-15)22-18(2,3)4/h5-11,20H,1-4H3. The predicted octanol–water partition coefficient (Wildman–Crippen LogP) is 4.95. The Labute approximate surface area is 130 Å². The Balaban J connectivity index is 2.16. The molecule has 0 atom stereocenters. The number of ether oxygens (including phenoxy) is 1. The zero-order valence-electron chi connectivity index (χ0n) is 13.2. The van der Waals surface area contributed by atoms with Gasteiger partial charge in [0.05, 0.1) is 0 Å². The Morgan fingerprint density at radius 3 is 2.23 bits per heavy atom. The first-order valence-electron chi connectivity index (χ1n) is 7.10. The molecule has 0 saturated heterocycles. The highest BCUT2D eigenvalue weighted by atomic mass is 19.1. The molecule has 0 amide bonds. The van der Waals surface area contributed by atoms with Gasteiger partial charge in [0.2, 0.25) is 0 Å². The van der Waals surface area contributed by atoms with Gasteiger partial charge in [-0.2, -0.15) is 0 Å². The third-order valence-electron chi connectivity index (χ3n) is 2.87. The van der Waals surface area contributed by atoms with Crippen molar-refractivity contribution < 1.29 is 13.9 Å². The predicted molar refractivity (Wildman–Crippen MR) is 86.5 cm³/mol. The minimum Gasteiger partial charge on any atom is -0.488 e. The number of carbonyl (C=O) groups is 1. The summed E-state index contributed by atoms with van der Waals surface area (Å²) in [6.45, 7) is 7.36. The highest BCUT2D eigenvalue weighted by Crippen LogP contribution is 2.24. The van der Waals surface area contributed by atoms with Gasteiger partial charge < -0.3 is 10.1 Å². The van der Waals surface area contributed by atoms with Crippen LogP contribution >= 0.6 is 0 Å². The van der Waals surface area contributed by atoms with Crippen molar-refractivity contribution in [2.75, 3.05) is 5.32 Å². The number of anilines is 2. The lowest BCUT2D eigenvalue weighted by Gasteiger charge is -2.21. The Hall–Kier alpha value is -2.36. The second-order valence-electron chi connectivity index (χ2n) is 6.15. The summed E-state index contributed by atoms with van der Waals surface area (Å²) < 4.78 is 19.3. The van der Waals surface area contributed by atoms with Gasteiger partial charge in [-0.15, -0.1) is 0 Å². The van der Waals surface area contributed by atoms with Gasteiger partial charge in [-0.1, -0.05) is 0 Å². The summed E-state index contributed by atoms with van der Waals surface area (Å²) in [4.78, 5) is 11.4. The Bertz CT molecular complexity index is 672. The van der Waals surface area contributed by atoms with Crippen LogP contribution in [-0.2, 0) is 0 Å². The summed E-state index contributed by atoms with van der Waals surface area (Å²) in [7, 11) is 0. The van der Waals surface area contributed by atoms with E-state index in [2.05, 4.69) is 5.32 Å². The van der Waals surface area contributed by atoms with Crippen LogP contribution in [0, 0.1) is 5.82 Å². The summed E-state index contributed by atoms with van der Waals surface area (Å²) in [5, 5.41) is 3.08. The second kappa shape index (κ2) is 6.18. The van der Waals surface area contributed by atoms with Gasteiger partial charge >= 0.3 is 0 Å². The Morgan fingerprint density at radius 2 is 1.68 bits per heavy atom. The quantitative estimate of drug-likeness (QED) is 0.812. The van der Waals surface area contributed by atoms with Crippen LogP contribution in [0.15, 0.2) is 42.5 Å². The third kappa shape index (κ3) is 4.58. The Morgan fingerprint density at radius 1 is 1.05 bits per heavy atom. The van der Waals surface area contributed by atoms with Crippen molar-refractivity contribution in [1.29, 1.82) is 0 Å². The van der Waals surface area contributed by atoms with Crippen molar-refractivity contribution in [3.8, 4) is 5.75 Å². The molecule has 0 saturated carbocycles. The molecule has 1 N–H and O–H groups in total. The van der Waals surface area contributed by atoms with Crippen LogP contribution in [0.4, 0.5) is 15.8 Å². The largest absolute Gasteiger partial charge is 0.488 e. The molecule has 0 aromatic heterocycles. The number of halogens is 1. The molecular weight excluding hydrogens is 281 g/mol. The van der Waals surface area contributed by atoms with E-state index in [0.717, 1.165) is 11.4 Å². The van der Waals surface area contributed by atoms with Gasteiger partial charge in [0.1, 0.15) is 17.2 Å². The zero-order chi connectivity index (χ0) is 16.3. The van der Waals surface area contributed by atoms with Crippen LogP contribution in [0.1, 0.15) is 38.1 Å². The van der Waals surface area contributed by atoms with Crippen LogP contribution < -0.4 is 10.1 Å². The SMILES string of the molecule is CC(=O)c1cc(F)cc(Nc2ccc(OC(C)(C)C)cc2)c1. The summed E-state index contributed by atoms with van der Waals surface area (Å²) >= 11 is 0. The van der Waals surface area contributed by atoms with E-state index in [-0.39, 0.29) is 11.4 Å². The summed E-state index contributed by atoms with van der Waals surface area (Å²) in [6.07, 6.45) is 0. The van der Waals surface area contributed by atoms with Crippen LogP contribution in [0.25, 0.3) is 0 Å². The van der Waals surface area contributed by atoms with Crippen molar-refractivity contribution in [2.45, 2.75) is 33.3 Å². The van der Waals surface area contributed by atoms with E-state index < -0.39 is 5.82 Å². The van der Waals surface area contributed by atoms with Gasteiger partial charge in [-0.3, -0.25) is 4.79 Å². The normalized spacial score (nSPS) is 11.1. The molecule has 22 heavy (non-hydrogen) atoms. The molecular formula is C18H20FNO2. The monoisotopic (exact) mass is 301 g/mol. The Kier molecular flexibility index (Phi) is 4.50. The molecule has 2 aromatic carbocycles. The van der Waals surface area contributed by atoms with Gasteiger partial charge in [-0.05, 0) is 70.2 Å². The van der Waals surface area contributed by atoms with Gasteiger partial charge in [-0.25, -0.2) is 4.39 Å². The number of ketones is 1. The number of hydrogen-bond donors (Lipinski definition) is 1. The summed E-state index contributed by atoms with van der Waals surface area (Å²) in [6, 6.07) is 11.6. The average Bonchev–Trinajstić information content (AvgIpc) is 2.38. The minimum absolute atomic E-state index is 0.170. The third-order valence-corrected chi connectivity index (χ3v) is 2.87. The molecule has 2 aromatic rings. The zero-order valence-corrected chi connectivity index (χ0v) is 13.2. The maximum atomic E-state index is 13.5. The van der Waals surface area contributed by atoms with E-state index >= 15 is 0 Å². The summed E-state index contributed by atoms with van der Waals surface area (Å²) in [5.41, 5.74) is 1.42. The fraction of sp³-hybridized carbons (Fsp3) is 0.278. The number of Topliss-reactive ketones (excluding diaryl/α,β-unsaturated/α-hetero) is 1. The summed E-state index contributed by atoms with van der Waals surface area (Å²) in [5.74, 6) is 0.154. The highest BCUT2D eigenvalue weighted by Gasteiger charge is 2.11. The van der Waals surface area contributed by atoms with E-state index in [1.807, 2.05) is 45.0 Å². The molecule has 0 aliphatic heterocycles. The van der Waals surface area contributed by atoms with Crippen LogP contribution in [-0.4, -0.2) is 11.4 Å². The van der Waals surface area contributed by atoms with Gasteiger partial charge in [0.25, 0.3) is 0 Å². The molecule has 0 aliphatic rings. The second-order valence-corrected chi connectivity index (χ2v) is 6.15. The molecule has 0 unspecified atom stereocenters. The smallest absolute Gasteiger partial charge is 0.159 e. The molecule has 0 heterocycles. The minimum atomic E-state index is -0.442. The number of rotatable bonds is 4. The first-order chi connectivity index (χ1) is 10.2. The first kappa shape index (κ1) is 16.0. The lowest BCUT2D eigenvalue weighted by atomic mass is 10.1. The first-order valence-corrected chi connectivity index (χ1v) is 7.10. The molecule has 4 heteroatoms. The number of hydrogen-bond acceptors (Lipinski definition) is 3. The fourth-order valence-corrected chi connectivity index (χ4v) is 1.99. The fourth-order valence-electron chi connectivity index (χ4n) is 1.99. The molecule has 0 bridgehead atoms. The van der Waals surface area contributed by atoms with Crippen LogP contribution in [0.5, 0.6) is 5.75 Å². The van der Waals surface area contributed by atoms with E-state index in [1.54, 1.807) is 6.07 Å². The van der Waals surface area contributed by atoms with Crippen molar-refractivity contribution in [1.82, 2.24) is 0 Å². The number of benzene rings is 2. The molecule has 0 fully saturated rings. The molecule has 0 aliphatic carbocycles. The average molecular weight is 301 g/mol. The molecule has 0 radical (unpaired) electrons. The number of nitrogens with one attached hydrogen (secondary N) is 1. The van der Waals surface area contributed by atoms with Gasteiger partial charge in [0.15, 0.2) is 5.78 Å². The van der Waals surface area contributed by atoms with Crippen LogP contribution in [0.3, 0.4) is 0 Å². The van der Waals surface area contributed by atoms with Crippen LogP contribution in [0.2, 0.25) is 0 Å². The van der Waals surface area contributed by atoms with E-state index in [0.29, 0.717) is 11.3 Å². The molecule has 0 spiro atoms.